The van der Waals surface area contributed by atoms with Gasteiger partial charge in [-0.15, -0.1) is 0 Å². The van der Waals surface area contributed by atoms with Crippen LogP contribution in [0.5, 0.6) is 0 Å². The summed E-state index contributed by atoms with van der Waals surface area (Å²) in [6.07, 6.45) is 5.96. The van der Waals surface area contributed by atoms with Gasteiger partial charge in [0.15, 0.2) is 6.54 Å². The minimum absolute atomic E-state index is 0.472. The van der Waals surface area contributed by atoms with E-state index in [0.29, 0.717) is 5.92 Å². The minimum Gasteiger partial charge on any atom is -0.187 e. The van der Waals surface area contributed by atoms with Crippen molar-refractivity contribution in [1.82, 2.24) is 0 Å². The van der Waals surface area contributed by atoms with Gasteiger partial charge in [-0.3, -0.25) is 0 Å². The molecule has 1 nitrogen and oxygen atoms in total. The highest BCUT2D eigenvalue weighted by Crippen LogP contribution is 2.29. The largest absolute Gasteiger partial charge is 0.213 e. The summed E-state index contributed by atoms with van der Waals surface area (Å²) in [7, 11) is 0. The first-order valence-electron chi connectivity index (χ1n) is 9.11. The van der Waals surface area contributed by atoms with E-state index < -0.39 is 0 Å². The lowest BCUT2D eigenvalue weighted by Crippen LogP contribution is -2.57. The summed E-state index contributed by atoms with van der Waals surface area (Å²) in [4.78, 5) is 0. The average molecular weight is 324 g/mol. The summed E-state index contributed by atoms with van der Waals surface area (Å²) in [5.41, 5.74) is 8.42. The molecule has 0 fully saturated rings. The van der Waals surface area contributed by atoms with Gasteiger partial charge >= 0.3 is 0 Å². The first-order chi connectivity index (χ1) is 12.2. The van der Waals surface area contributed by atoms with Crippen molar-refractivity contribution >= 4 is 12.2 Å². The van der Waals surface area contributed by atoms with Gasteiger partial charge in [-0.25, -0.2) is 0 Å². The average Bonchev–Trinajstić information content (AvgIpc) is 3.01. The Morgan fingerprint density at radius 2 is 1.80 bits per heavy atom. The number of hydrogen-bond donors (Lipinski definition) is 0. The third-order valence-electron chi connectivity index (χ3n) is 5.69. The molecule has 0 amide bonds. The van der Waals surface area contributed by atoms with Crippen LogP contribution in [0.25, 0.3) is 23.4 Å². The van der Waals surface area contributed by atoms with Crippen molar-refractivity contribution in [2.75, 3.05) is 0 Å². The fraction of sp³-hybridized carbons (Fsp3) is 0.208. The van der Waals surface area contributed by atoms with E-state index in [1.807, 2.05) is 0 Å². The lowest BCUT2D eigenvalue weighted by molar-refractivity contribution is -0.686. The van der Waals surface area contributed by atoms with Crippen LogP contribution in [0.1, 0.15) is 34.6 Å². The third-order valence-corrected chi connectivity index (χ3v) is 5.69. The second kappa shape index (κ2) is 5.42. The first kappa shape index (κ1) is 14.7. The Hall–Kier alpha value is -2.67. The summed E-state index contributed by atoms with van der Waals surface area (Å²) in [6, 6.07) is 20.1. The smallest absolute Gasteiger partial charge is 0.187 e. The maximum absolute atomic E-state index is 2.51. The number of aromatic nitrogens is 1. The first-order valence-corrected chi connectivity index (χ1v) is 9.11. The number of hydrogen-bond acceptors (Lipinski definition) is 0. The molecule has 3 aromatic rings. The van der Waals surface area contributed by atoms with Gasteiger partial charge < -0.3 is 0 Å². The summed E-state index contributed by atoms with van der Waals surface area (Å²) in [5, 5.41) is 2.75. The molecule has 0 bridgehead atoms. The molecule has 2 heterocycles. The van der Waals surface area contributed by atoms with E-state index in [2.05, 4.69) is 85.2 Å². The van der Waals surface area contributed by atoms with Crippen LogP contribution in [0, 0.1) is 13.8 Å². The lowest BCUT2D eigenvalue weighted by Gasteiger charge is -2.13. The monoisotopic (exact) mass is 324 g/mol. The second-order valence-electron chi connectivity index (χ2n) is 7.38. The highest BCUT2D eigenvalue weighted by Gasteiger charge is 2.29. The Balaban J connectivity index is 1.72. The molecule has 0 N–H and O–H groups in total. The molecule has 1 aliphatic carbocycles. The standard InChI is InChI=1S/C24H22N/c1-16-12-17(2)22-15-25-23(21(22)13-16)11-10-19-8-9-20(14-24(19)25)18-6-4-3-5-7-18/h3-8,10-14,20H,9,15H2,1-2H3/q+1. The van der Waals surface area contributed by atoms with Crippen LogP contribution in [-0.4, -0.2) is 0 Å². The maximum Gasteiger partial charge on any atom is 0.213 e. The summed E-state index contributed by atoms with van der Waals surface area (Å²) in [6.45, 7) is 5.43. The van der Waals surface area contributed by atoms with Crippen molar-refractivity contribution < 1.29 is 4.57 Å². The Labute approximate surface area is 148 Å². The fourth-order valence-corrected chi connectivity index (χ4v) is 4.43. The van der Waals surface area contributed by atoms with Crippen LogP contribution >= 0.6 is 0 Å². The zero-order valence-corrected chi connectivity index (χ0v) is 14.8. The molecule has 0 saturated heterocycles. The Morgan fingerprint density at radius 3 is 2.64 bits per heavy atom. The Bertz CT molecular complexity index is 1110. The van der Waals surface area contributed by atoms with E-state index in [4.69, 9.17) is 0 Å². The fourth-order valence-electron chi connectivity index (χ4n) is 4.43. The predicted octanol–water partition coefficient (Wildman–Crippen LogP) is 3.37. The van der Waals surface area contributed by atoms with Gasteiger partial charge in [0.25, 0.3) is 0 Å². The van der Waals surface area contributed by atoms with Crippen LogP contribution in [-0.2, 0) is 6.54 Å². The van der Waals surface area contributed by atoms with Gasteiger partial charge in [-0.1, -0.05) is 42.5 Å². The van der Waals surface area contributed by atoms with E-state index in [1.165, 1.54) is 44.1 Å². The molecule has 1 aromatic heterocycles. The van der Waals surface area contributed by atoms with E-state index in [9.17, 15) is 0 Å². The maximum atomic E-state index is 2.51. The van der Waals surface area contributed by atoms with Crippen LogP contribution < -0.4 is 15.1 Å². The molecule has 0 spiro atoms. The quantitative estimate of drug-likeness (QED) is 0.473. The van der Waals surface area contributed by atoms with Gasteiger partial charge in [0.2, 0.25) is 11.0 Å². The Morgan fingerprint density at radius 1 is 0.960 bits per heavy atom. The van der Waals surface area contributed by atoms with Crippen LogP contribution in [0.15, 0.2) is 54.6 Å². The summed E-state index contributed by atoms with van der Waals surface area (Å²) >= 11 is 0. The minimum atomic E-state index is 0.472. The van der Waals surface area contributed by atoms with Crippen molar-refractivity contribution in [3.8, 4) is 11.3 Å². The van der Waals surface area contributed by atoms with Crippen molar-refractivity contribution in [2.24, 2.45) is 0 Å². The Kier molecular flexibility index (Phi) is 3.18. The molecule has 2 aliphatic rings. The molecular formula is C24H22N+. The van der Waals surface area contributed by atoms with Crippen molar-refractivity contribution in [1.29, 1.82) is 0 Å². The SMILES string of the molecule is Cc1cc(C)c2c(c1)-c1ccc3c([n+]1C2)=CC(c1ccccc1)CC=3. The number of benzene rings is 2. The number of rotatable bonds is 1. The molecule has 1 aliphatic heterocycles. The second-order valence-corrected chi connectivity index (χ2v) is 7.38. The lowest BCUT2D eigenvalue weighted by atomic mass is 9.92. The summed E-state index contributed by atoms with van der Waals surface area (Å²) in [5.74, 6) is 0.472. The number of nitrogens with zero attached hydrogens (tertiary/aromatic N) is 1. The molecule has 122 valence electrons. The molecule has 5 rings (SSSR count). The number of aryl methyl sites for hydroxylation is 2. The van der Waals surface area contributed by atoms with Gasteiger partial charge in [-0.2, -0.15) is 4.57 Å². The molecule has 0 saturated carbocycles. The molecule has 25 heavy (non-hydrogen) atoms. The van der Waals surface area contributed by atoms with Crippen LogP contribution in [0.3, 0.4) is 0 Å². The van der Waals surface area contributed by atoms with Crippen LogP contribution in [0.4, 0.5) is 0 Å². The van der Waals surface area contributed by atoms with E-state index >= 15 is 0 Å². The van der Waals surface area contributed by atoms with Gasteiger partial charge in [0.1, 0.15) is 0 Å². The van der Waals surface area contributed by atoms with Crippen molar-refractivity contribution in [2.45, 2.75) is 32.7 Å². The molecule has 2 aromatic carbocycles. The van der Waals surface area contributed by atoms with Gasteiger partial charge in [0.05, 0.1) is 5.56 Å². The molecular weight excluding hydrogens is 302 g/mol. The van der Waals surface area contributed by atoms with E-state index in [1.54, 1.807) is 0 Å². The predicted molar refractivity (Wildman–Crippen MR) is 103 cm³/mol. The topological polar surface area (TPSA) is 3.88 Å². The van der Waals surface area contributed by atoms with Gasteiger partial charge in [0, 0.05) is 22.8 Å². The van der Waals surface area contributed by atoms with E-state index in [-0.39, 0.29) is 0 Å². The zero-order chi connectivity index (χ0) is 17.0. The van der Waals surface area contributed by atoms with E-state index in [0.717, 1.165) is 13.0 Å². The van der Waals surface area contributed by atoms with Crippen molar-refractivity contribution in [3.05, 3.63) is 87.4 Å². The molecule has 0 radical (unpaired) electrons. The number of pyridine rings is 1. The molecule has 1 heteroatoms. The third kappa shape index (κ3) is 2.26. The van der Waals surface area contributed by atoms with Crippen LogP contribution in [0.2, 0.25) is 0 Å². The highest BCUT2D eigenvalue weighted by atomic mass is 15.0. The highest BCUT2D eigenvalue weighted by molar-refractivity contribution is 5.66. The normalized spacial score (nSPS) is 17.1. The molecule has 1 atom stereocenters. The molecule has 1 unspecified atom stereocenters. The van der Waals surface area contributed by atoms with Crippen molar-refractivity contribution in [3.63, 3.8) is 0 Å². The van der Waals surface area contributed by atoms with Gasteiger partial charge in [-0.05, 0) is 55.2 Å². The number of fused-ring (bicyclic) bond motifs is 5. The summed E-state index contributed by atoms with van der Waals surface area (Å²) < 4.78 is 2.51. The zero-order valence-electron chi connectivity index (χ0n) is 14.8.